The summed E-state index contributed by atoms with van der Waals surface area (Å²) in [4.78, 5) is 8.83. The Morgan fingerprint density at radius 1 is 1.20 bits per heavy atom. The second kappa shape index (κ2) is 7.22. The van der Waals surface area contributed by atoms with E-state index in [-0.39, 0.29) is 6.04 Å². The van der Waals surface area contributed by atoms with Crippen molar-refractivity contribution in [3.63, 3.8) is 0 Å². The van der Waals surface area contributed by atoms with Crippen molar-refractivity contribution in [1.82, 2.24) is 15.3 Å². The van der Waals surface area contributed by atoms with Gasteiger partial charge in [-0.05, 0) is 37.2 Å². The Morgan fingerprint density at radius 3 is 2.55 bits per heavy atom. The standard InChI is InChI=1S/C15H18ClN3O/c1-3-8-17-15(13-11(16)6-4-9-18-13)14-12(20-2)7-5-10-19-14/h4-7,9-10,15,17H,3,8H2,1-2H3. The van der Waals surface area contributed by atoms with Gasteiger partial charge in [0, 0.05) is 12.4 Å². The predicted molar refractivity (Wildman–Crippen MR) is 80.2 cm³/mol. The number of nitrogens with zero attached hydrogens (tertiary/aromatic N) is 2. The molecule has 0 aliphatic carbocycles. The minimum Gasteiger partial charge on any atom is -0.495 e. The first-order valence-electron chi connectivity index (χ1n) is 6.60. The lowest BCUT2D eigenvalue weighted by Crippen LogP contribution is -2.25. The summed E-state index contributed by atoms with van der Waals surface area (Å²) in [7, 11) is 1.64. The average molecular weight is 292 g/mol. The van der Waals surface area contributed by atoms with Crippen LogP contribution in [0, 0.1) is 0 Å². The van der Waals surface area contributed by atoms with Crippen molar-refractivity contribution in [3.05, 3.63) is 53.1 Å². The highest BCUT2D eigenvalue weighted by Gasteiger charge is 2.22. The maximum atomic E-state index is 6.27. The van der Waals surface area contributed by atoms with Gasteiger partial charge in [-0.2, -0.15) is 0 Å². The second-order valence-corrected chi connectivity index (χ2v) is 4.76. The molecule has 1 atom stereocenters. The molecule has 2 heterocycles. The first kappa shape index (κ1) is 14.8. The van der Waals surface area contributed by atoms with E-state index in [1.807, 2.05) is 24.3 Å². The van der Waals surface area contributed by atoms with E-state index in [4.69, 9.17) is 16.3 Å². The molecule has 2 rings (SSSR count). The van der Waals surface area contributed by atoms with Crippen LogP contribution in [-0.4, -0.2) is 23.6 Å². The summed E-state index contributed by atoms with van der Waals surface area (Å²) >= 11 is 6.27. The molecule has 0 amide bonds. The number of methoxy groups -OCH3 is 1. The van der Waals surface area contributed by atoms with Crippen LogP contribution in [-0.2, 0) is 0 Å². The smallest absolute Gasteiger partial charge is 0.142 e. The summed E-state index contributed by atoms with van der Waals surface area (Å²) in [6.45, 7) is 2.96. The van der Waals surface area contributed by atoms with Crippen LogP contribution in [0.2, 0.25) is 5.02 Å². The van der Waals surface area contributed by atoms with Crippen molar-refractivity contribution < 1.29 is 4.74 Å². The highest BCUT2D eigenvalue weighted by molar-refractivity contribution is 6.31. The Kier molecular flexibility index (Phi) is 5.32. The molecule has 0 saturated heterocycles. The molecule has 0 radical (unpaired) electrons. The number of hydrogen-bond acceptors (Lipinski definition) is 4. The molecule has 2 aromatic heterocycles. The van der Waals surface area contributed by atoms with E-state index in [0.717, 1.165) is 30.1 Å². The Balaban J connectivity index is 2.44. The van der Waals surface area contributed by atoms with E-state index in [1.165, 1.54) is 0 Å². The number of rotatable bonds is 6. The van der Waals surface area contributed by atoms with Gasteiger partial charge in [0.25, 0.3) is 0 Å². The summed E-state index contributed by atoms with van der Waals surface area (Å²) in [5.41, 5.74) is 1.56. The third-order valence-electron chi connectivity index (χ3n) is 2.95. The number of aromatic nitrogens is 2. The molecule has 106 valence electrons. The van der Waals surface area contributed by atoms with Crippen LogP contribution in [0.5, 0.6) is 5.75 Å². The number of halogens is 1. The molecule has 0 fully saturated rings. The van der Waals surface area contributed by atoms with Gasteiger partial charge in [0.05, 0.1) is 23.9 Å². The first-order chi connectivity index (χ1) is 9.77. The van der Waals surface area contributed by atoms with Crippen molar-refractivity contribution in [2.45, 2.75) is 19.4 Å². The minimum absolute atomic E-state index is 0.181. The average Bonchev–Trinajstić information content (AvgIpc) is 2.49. The van der Waals surface area contributed by atoms with Crippen molar-refractivity contribution in [3.8, 4) is 5.75 Å². The lowest BCUT2D eigenvalue weighted by molar-refractivity contribution is 0.399. The Morgan fingerprint density at radius 2 is 1.90 bits per heavy atom. The molecule has 20 heavy (non-hydrogen) atoms. The maximum Gasteiger partial charge on any atom is 0.142 e. The Bertz CT molecular complexity index is 562. The zero-order valence-electron chi connectivity index (χ0n) is 11.6. The Hall–Kier alpha value is -1.65. The van der Waals surface area contributed by atoms with Crippen LogP contribution in [0.25, 0.3) is 0 Å². The normalized spacial score (nSPS) is 12.2. The summed E-state index contributed by atoms with van der Waals surface area (Å²) in [5.74, 6) is 0.725. The lowest BCUT2D eigenvalue weighted by Gasteiger charge is -2.20. The van der Waals surface area contributed by atoms with Crippen molar-refractivity contribution in [2.75, 3.05) is 13.7 Å². The fourth-order valence-corrected chi connectivity index (χ4v) is 2.24. The summed E-state index contributed by atoms with van der Waals surface area (Å²) in [5, 5.41) is 4.05. The van der Waals surface area contributed by atoms with Gasteiger partial charge in [0.2, 0.25) is 0 Å². The lowest BCUT2D eigenvalue weighted by atomic mass is 10.1. The summed E-state index contributed by atoms with van der Waals surface area (Å²) in [6, 6.07) is 7.21. The fourth-order valence-electron chi connectivity index (χ4n) is 2.01. The van der Waals surface area contributed by atoms with E-state index >= 15 is 0 Å². The van der Waals surface area contributed by atoms with Crippen LogP contribution in [0.15, 0.2) is 36.7 Å². The van der Waals surface area contributed by atoms with Crippen molar-refractivity contribution in [2.24, 2.45) is 0 Å². The molecule has 5 heteroatoms. The van der Waals surface area contributed by atoms with Gasteiger partial charge >= 0.3 is 0 Å². The van der Waals surface area contributed by atoms with Crippen LogP contribution in [0.4, 0.5) is 0 Å². The Labute approximate surface area is 124 Å². The van der Waals surface area contributed by atoms with Gasteiger partial charge in [0.1, 0.15) is 11.4 Å². The molecule has 0 spiro atoms. The zero-order valence-corrected chi connectivity index (χ0v) is 12.4. The van der Waals surface area contributed by atoms with Gasteiger partial charge in [-0.1, -0.05) is 18.5 Å². The molecule has 0 saturated carbocycles. The fraction of sp³-hybridized carbons (Fsp3) is 0.333. The molecule has 0 aromatic carbocycles. The molecule has 1 N–H and O–H groups in total. The highest BCUT2D eigenvalue weighted by Crippen LogP contribution is 2.30. The molecule has 4 nitrogen and oxygen atoms in total. The minimum atomic E-state index is -0.181. The molecule has 1 unspecified atom stereocenters. The van der Waals surface area contributed by atoms with Gasteiger partial charge in [-0.15, -0.1) is 0 Å². The highest BCUT2D eigenvalue weighted by atomic mass is 35.5. The zero-order chi connectivity index (χ0) is 14.4. The molecular weight excluding hydrogens is 274 g/mol. The molecular formula is C15H18ClN3O. The van der Waals surface area contributed by atoms with Gasteiger partial charge in [-0.25, -0.2) is 0 Å². The van der Waals surface area contributed by atoms with Crippen LogP contribution < -0.4 is 10.1 Å². The monoisotopic (exact) mass is 291 g/mol. The summed E-state index contributed by atoms with van der Waals surface area (Å²) in [6.07, 6.45) is 4.49. The van der Waals surface area contributed by atoms with E-state index in [9.17, 15) is 0 Å². The molecule has 0 aliphatic heterocycles. The topological polar surface area (TPSA) is 47.0 Å². The van der Waals surface area contributed by atoms with Crippen LogP contribution >= 0.6 is 11.6 Å². The number of pyridine rings is 2. The molecule has 2 aromatic rings. The van der Waals surface area contributed by atoms with Crippen LogP contribution in [0.3, 0.4) is 0 Å². The predicted octanol–water partition coefficient (Wildman–Crippen LogP) is 3.23. The SMILES string of the molecule is CCCNC(c1ncccc1Cl)c1ncccc1OC. The molecule has 0 aliphatic rings. The van der Waals surface area contributed by atoms with E-state index in [0.29, 0.717) is 5.02 Å². The largest absolute Gasteiger partial charge is 0.495 e. The van der Waals surface area contributed by atoms with E-state index in [1.54, 1.807) is 19.5 Å². The van der Waals surface area contributed by atoms with E-state index in [2.05, 4.69) is 22.2 Å². The number of hydrogen-bond donors (Lipinski definition) is 1. The van der Waals surface area contributed by atoms with Crippen molar-refractivity contribution >= 4 is 11.6 Å². The summed E-state index contributed by atoms with van der Waals surface area (Å²) < 4.78 is 5.39. The third kappa shape index (κ3) is 3.26. The van der Waals surface area contributed by atoms with Gasteiger partial charge in [-0.3, -0.25) is 9.97 Å². The van der Waals surface area contributed by atoms with Gasteiger partial charge < -0.3 is 10.1 Å². The maximum absolute atomic E-state index is 6.27. The first-order valence-corrected chi connectivity index (χ1v) is 6.98. The quantitative estimate of drug-likeness (QED) is 0.888. The second-order valence-electron chi connectivity index (χ2n) is 4.35. The van der Waals surface area contributed by atoms with Crippen molar-refractivity contribution in [1.29, 1.82) is 0 Å². The van der Waals surface area contributed by atoms with Gasteiger partial charge in [0.15, 0.2) is 0 Å². The van der Waals surface area contributed by atoms with Crippen LogP contribution in [0.1, 0.15) is 30.8 Å². The number of ether oxygens (including phenoxy) is 1. The number of nitrogens with one attached hydrogen (secondary N) is 1. The van der Waals surface area contributed by atoms with E-state index < -0.39 is 0 Å². The third-order valence-corrected chi connectivity index (χ3v) is 3.27. The molecule has 0 bridgehead atoms.